The van der Waals surface area contributed by atoms with Gasteiger partial charge in [0.25, 0.3) is 0 Å². The second-order valence-corrected chi connectivity index (χ2v) is 7.56. The standard InChI is InChI=1S/C17H27N5O2/c1-17(2,3)24-16(23)22-8-4-5-13(22)10-18-14-9-15(20-11-19-14)21-12-6-7-12/h9,11-13H,4-8,10H2,1-3H3,(H2,18,19,20,21). The third-order valence-electron chi connectivity index (χ3n) is 4.12. The molecule has 2 N–H and O–H groups in total. The third kappa shape index (κ3) is 4.72. The Balaban J connectivity index is 1.54. The van der Waals surface area contributed by atoms with E-state index < -0.39 is 5.60 Å². The van der Waals surface area contributed by atoms with Gasteiger partial charge in [0, 0.05) is 25.2 Å². The van der Waals surface area contributed by atoms with Crippen LogP contribution in [0.1, 0.15) is 46.5 Å². The summed E-state index contributed by atoms with van der Waals surface area (Å²) < 4.78 is 5.50. The van der Waals surface area contributed by atoms with Gasteiger partial charge in [-0.3, -0.25) is 0 Å². The van der Waals surface area contributed by atoms with E-state index in [4.69, 9.17) is 4.74 Å². The second-order valence-electron chi connectivity index (χ2n) is 7.56. The quantitative estimate of drug-likeness (QED) is 0.862. The minimum absolute atomic E-state index is 0.134. The molecule has 24 heavy (non-hydrogen) atoms. The van der Waals surface area contributed by atoms with Gasteiger partial charge in [-0.25, -0.2) is 14.8 Å². The smallest absolute Gasteiger partial charge is 0.410 e. The highest BCUT2D eigenvalue weighted by Crippen LogP contribution is 2.25. The highest BCUT2D eigenvalue weighted by atomic mass is 16.6. The first-order valence-corrected chi connectivity index (χ1v) is 8.73. The number of amides is 1. The molecule has 2 heterocycles. The van der Waals surface area contributed by atoms with Crippen molar-refractivity contribution in [3.63, 3.8) is 0 Å². The molecule has 2 aliphatic rings. The molecule has 7 heteroatoms. The van der Waals surface area contributed by atoms with E-state index in [2.05, 4.69) is 20.6 Å². The molecule has 0 spiro atoms. The van der Waals surface area contributed by atoms with Gasteiger partial charge in [0.1, 0.15) is 23.6 Å². The van der Waals surface area contributed by atoms with Gasteiger partial charge < -0.3 is 20.3 Å². The van der Waals surface area contributed by atoms with Crippen LogP contribution in [-0.4, -0.2) is 51.7 Å². The van der Waals surface area contributed by atoms with E-state index in [1.807, 2.05) is 31.7 Å². The van der Waals surface area contributed by atoms with Crippen molar-refractivity contribution in [3.8, 4) is 0 Å². The lowest BCUT2D eigenvalue weighted by atomic mass is 10.2. The summed E-state index contributed by atoms with van der Waals surface area (Å²) in [6.07, 6.45) is 5.73. The van der Waals surface area contributed by atoms with Gasteiger partial charge in [-0.1, -0.05) is 0 Å². The van der Waals surface area contributed by atoms with Crippen LogP contribution < -0.4 is 10.6 Å². The minimum atomic E-state index is -0.465. The van der Waals surface area contributed by atoms with Crippen LogP contribution >= 0.6 is 0 Å². The van der Waals surface area contributed by atoms with Gasteiger partial charge in [-0.15, -0.1) is 0 Å². The Morgan fingerprint density at radius 2 is 2.04 bits per heavy atom. The fraction of sp³-hybridized carbons (Fsp3) is 0.706. The number of carbonyl (C=O) groups excluding carboxylic acids is 1. The highest BCUT2D eigenvalue weighted by Gasteiger charge is 2.32. The maximum absolute atomic E-state index is 12.3. The Hall–Kier alpha value is -2.05. The number of carbonyl (C=O) groups is 1. The molecule has 7 nitrogen and oxygen atoms in total. The van der Waals surface area contributed by atoms with E-state index in [1.165, 1.54) is 12.8 Å². The molecule has 132 valence electrons. The van der Waals surface area contributed by atoms with E-state index in [1.54, 1.807) is 6.33 Å². The van der Waals surface area contributed by atoms with Gasteiger partial charge in [-0.05, 0) is 46.5 Å². The van der Waals surface area contributed by atoms with Crippen molar-refractivity contribution in [2.24, 2.45) is 0 Å². The molecule has 0 aromatic carbocycles. The predicted octanol–water partition coefficient (Wildman–Crippen LogP) is 2.86. The van der Waals surface area contributed by atoms with E-state index in [0.717, 1.165) is 31.0 Å². The number of rotatable bonds is 5. The molecule has 1 aliphatic heterocycles. The topological polar surface area (TPSA) is 79.4 Å². The number of anilines is 2. The Bertz CT molecular complexity index is 583. The predicted molar refractivity (Wildman–Crippen MR) is 93.1 cm³/mol. The normalized spacial score (nSPS) is 20.8. The van der Waals surface area contributed by atoms with E-state index >= 15 is 0 Å². The van der Waals surface area contributed by atoms with Crippen LogP contribution in [0, 0.1) is 0 Å². The van der Waals surface area contributed by atoms with Crippen molar-refractivity contribution in [3.05, 3.63) is 12.4 Å². The number of nitrogens with one attached hydrogen (secondary N) is 2. The number of aromatic nitrogens is 2. The fourth-order valence-electron chi connectivity index (χ4n) is 2.80. The number of nitrogens with zero attached hydrogens (tertiary/aromatic N) is 3. The van der Waals surface area contributed by atoms with Crippen LogP contribution in [0.4, 0.5) is 16.4 Å². The van der Waals surface area contributed by atoms with Gasteiger partial charge in [-0.2, -0.15) is 0 Å². The van der Waals surface area contributed by atoms with Crippen molar-refractivity contribution in [1.82, 2.24) is 14.9 Å². The van der Waals surface area contributed by atoms with E-state index in [0.29, 0.717) is 12.6 Å². The molecule has 0 bridgehead atoms. The molecule has 0 radical (unpaired) electrons. The summed E-state index contributed by atoms with van der Waals surface area (Å²) in [7, 11) is 0. The summed E-state index contributed by atoms with van der Waals surface area (Å²) in [5, 5.41) is 6.69. The number of hydrogen-bond acceptors (Lipinski definition) is 6. The molecule has 1 amide bonds. The molecular formula is C17H27N5O2. The Morgan fingerprint density at radius 3 is 2.75 bits per heavy atom. The largest absolute Gasteiger partial charge is 0.444 e. The molecular weight excluding hydrogens is 306 g/mol. The molecule has 1 aromatic rings. The SMILES string of the molecule is CC(C)(C)OC(=O)N1CCCC1CNc1cc(NC2CC2)ncn1. The van der Waals surface area contributed by atoms with Crippen molar-refractivity contribution in [1.29, 1.82) is 0 Å². The average molecular weight is 333 g/mol. The maximum atomic E-state index is 12.3. The lowest BCUT2D eigenvalue weighted by Crippen LogP contribution is -2.42. The monoisotopic (exact) mass is 333 g/mol. The molecule has 1 aromatic heterocycles. The van der Waals surface area contributed by atoms with Crippen molar-refractivity contribution < 1.29 is 9.53 Å². The first kappa shape index (κ1) is 16.8. The Kier molecular flexibility index (Phi) is 4.78. The summed E-state index contributed by atoms with van der Waals surface area (Å²) in [4.78, 5) is 22.6. The average Bonchev–Trinajstić information content (AvgIpc) is 3.18. The van der Waals surface area contributed by atoms with Gasteiger partial charge >= 0.3 is 6.09 Å². The molecule has 1 saturated heterocycles. The molecule has 2 fully saturated rings. The first-order chi connectivity index (χ1) is 11.4. The van der Waals surface area contributed by atoms with Crippen molar-refractivity contribution in [2.45, 2.75) is 64.1 Å². The number of hydrogen-bond donors (Lipinski definition) is 2. The van der Waals surface area contributed by atoms with Crippen LogP contribution in [0.15, 0.2) is 12.4 Å². The third-order valence-corrected chi connectivity index (χ3v) is 4.12. The lowest BCUT2D eigenvalue weighted by molar-refractivity contribution is 0.0235. The van der Waals surface area contributed by atoms with Crippen molar-refractivity contribution >= 4 is 17.7 Å². The summed E-state index contributed by atoms with van der Waals surface area (Å²) >= 11 is 0. The maximum Gasteiger partial charge on any atom is 0.410 e. The molecule has 3 rings (SSSR count). The van der Waals surface area contributed by atoms with Crippen LogP contribution in [0.5, 0.6) is 0 Å². The zero-order valence-corrected chi connectivity index (χ0v) is 14.7. The number of ether oxygens (including phenoxy) is 1. The van der Waals surface area contributed by atoms with Gasteiger partial charge in [0.2, 0.25) is 0 Å². The summed E-state index contributed by atoms with van der Waals surface area (Å²) in [5.74, 6) is 1.63. The van der Waals surface area contributed by atoms with E-state index in [-0.39, 0.29) is 12.1 Å². The van der Waals surface area contributed by atoms with Crippen molar-refractivity contribution in [2.75, 3.05) is 23.7 Å². The molecule has 1 atom stereocenters. The lowest BCUT2D eigenvalue weighted by Gasteiger charge is -2.28. The fourth-order valence-corrected chi connectivity index (χ4v) is 2.80. The summed E-state index contributed by atoms with van der Waals surface area (Å²) in [6, 6.07) is 2.62. The zero-order valence-electron chi connectivity index (χ0n) is 14.7. The summed E-state index contributed by atoms with van der Waals surface area (Å²) in [6.45, 7) is 7.09. The Morgan fingerprint density at radius 1 is 1.29 bits per heavy atom. The van der Waals surface area contributed by atoms with E-state index in [9.17, 15) is 4.79 Å². The summed E-state index contributed by atoms with van der Waals surface area (Å²) in [5.41, 5.74) is -0.465. The van der Waals surface area contributed by atoms with Crippen LogP contribution in [0.3, 0.4) is 0 Å². The highest BCUT2D eigenvalue weighted by molar-refractivity contribution is 5.69. The molecule has 1 unspecified atom stereocenters. The zero-order chi connectivity index (χ0) is 17.2. The first-order valence-electron chi connectivity index (χ1n) is 8.73. The minimum Gasteiger partial charge on any atom is -0.444 e. The molecule has 1 aliphatic carbocycles. The second kappa shape index (κ2) is 6.83. The van der Waals surface area contributed by atoms with Crippen LogP contribution in [0.2, 0.25) is 0 Å². The Labute approximate surface area is 143 Å². The molecule has 1 saturated carbocycles. The van der Waals surface area contributed by atoms with Crippen LogP contribution in [0.25, 0.3) is 0 Å². The number of likely N-dealkylation sites (tertiary alicyclic amines) is 1. The van der Waals surface area contributed by atoms with Crippen LogP contribution in [-0.2, 0) is 4.74 Å². The van der Waals surface area contributed by atoms with Gasteiger partial charge in [0.05, 0.1) is 6.04 Å². The van der Waals surface area contributed by atoms with Gasteiger partial charge in [0.15, 0.2) is 0 Å².